The van der Waals surface area contributed by atoms with Crippen LogP contribution in [0.15, 0.2) is 47.1 Å². The van der Waals surface area contributed by atoms with Crippen molar-refractivity contribution in [3.63, 3.8) is 0 Å². The summed E-state index contributed by atoms with van der Waals surface area (Å²) >= 11 is 0. The molecular weight excluding hydrogens is 372 g/mol. The largest absolute Gasteiger partial charge is 0.491 e. The highest BCUT2D eigenvalue weighted by molar-refractivity contribution is 5.94. The van der Waals surface area contributed by atoms with Crippen molar-refractivity contribution < 1.29 is 23.5 Å². The summed E-state index contributed by atoms with van der Waals surface area (Å²) in [6, 6.07) is 10.6. The van der Waals surface area contributed by atoms with Gasteiger partial charge in [0, 0.05) is 31.3 Å². The molecule has 7 nitrogen and oxygen atoms in total. The van der Waals surface area contributed by atoms with Crippen LogP contribution in [0.5, 0.6) is 5.75 Å². The number of furan rings is 1. The highest BCUT2D eigenvalue weighted by Crippen LogP contribution is 2.18. The van der Waals surface area contributed by atoms with Gasteiger partial charge < -0.3 is 24.1 Å². The van der Waals surface area contributed by atoms with Crippen LogP contribution >= 0.6 is 0 Å². The molecule has 3 heterocycles. The predicted octanol–water partition coefficient (Wildman–Crippen LogP) is 2.87. The Morgan fingerprint density at radius 2 is 1.90 bits per heavy atom. The van der Waals surface area contributed by atoms with Gasteiger partial charge in [0.05, 0.1) is 12.4 Å². The van der Waals surface area contributed by atoms with Gasteiger partial charge in [0.1, 0.15) is 12.4 Å². The minimum Gasteiger partial charge on any atom is -0.491 e. The molecule has 2 saturated heterocycles. The second kappa shape index (κ2) is 9.13. The zero-order valence-electron chi connectivity index (χ0n) is 16.3. The van der Waals surface area contributed by atoms with E-state index in [0.29, 0.717) is 31.0 Å². The number of nitrogens with zero attached hydrogens (tertiary/aromatic N) is 1. The van der Waals surface area contributed by atoms with Crippen molar-refractivity contribution in [2.45, 2.75) is 37.8 Å². The van der Waals surface area contributed by atoms with E-state index in [0.717, 1.165) is 38.0 Å². The summed E-state index contributed by atoms with van der Waals surface area (Å²) in [7, 11) is 0. The van der Waals surface area contributed by atoms with Crippen LogP contribution in [0.4, 0.5) is 0 Å². The lowest BCUT2D eigenvalue weighted by Gasteiger charge is -2.31. The Balaban J connectivity index is 1.22. The van der Waals surface area contributed by atoms with Crippen LogP contribution in [-0.2, 0) is 4.74 Å². The molecule has 0 aliphatic carbocycles. The topological polar surface area (TPSA) is 81.0 Å². The lowest BCUT2D eigenvalue weighted by atomic mass is 10.0. The summed E-state index contributed by atoms with van der Waals surface area (Å²) in [5.74, 6) is 0.890. The van der Waals surface area contributed by atoms with Gasteiger partial charge in [0.2, 0.25) is 0 Å². The molecule has 0 spiro atoms. The third kappa shape index (κ3) is 4.98. The first-order chi connectivity index (χ1) is 14.2. The zero-order valence-corrected chi connectivity index (χ0v) is 16.3. The van der Waals surface area contributed by atoms with Crippen molar-refractivity contribution in [1.82, 2.24) is 10.2 Å². The SMILES string of the molecule is O=C(NC1CCN(C(=O)c2ccco2)CC1)c1ccc(OCC2CCCO2)cc1. The molecule has 1 aromatic heterocycles. The highest BCUT2D eigenvalue weighted by Gasteiger charge is 2.26. The number of carbonyl (C=O) groups is 2. The Labute approximate surface area is 170 Å². The monoisotopic (exact) mass is 398 g/mol. The molecule has 2 amide bonds. The van der Waals surface area contributed by atoms with Crippen LogP contribution in [0.2, 0.25) is 0 Å². The Hall–Kier alpha value is -2.80. The highest BCUT2D eigenvalue weighted by atomic mass is 16.5. The van der Waals surface area contributed by atoms with E-state index >= 15 is 0 Å². The van der Waals surface area contributed by atoms with Crippen molar-refractivity contribution in [1.29, 1.82) is 0 Å². The van der Waals surface area contributed by atoms with Gasteiger partial charge in [-0.15, -0.1) is 0 Å². The summed E-state index contributed by atoms with van der Waals surface area (Å²) in [5.41, 5.74) is 0.601. The standard InChI is InChI=1S/C22H26N2O5/c25-21(16-5-7-18(8-6-16)29-15-19-3-1-13-27-19)23-17-9-11-24(12-10-17)22(26)20-4-2-14-28-20/h2,4-8,14,17,19H,1,3,9-13,15H2,(H,23,25). The number of rotatable bonds is 6. The van der Waals surface area contributed by atoms with Crippen LogP contribution in [0, 0.1) is 0 Å². The molecule has 2 aliphatic heterocycles. The molecule has 0 radical (unpaired) electrons. The molecule has 4 rings (SSSR count). The van der Waals surface area contributed by atoms with Crippen LogP contribution in [-0.4, -0.2) is 55.2 Å². The summed E-state index contributed by atoms with van der Waals surface area (Å²) in [6.45, 7) is 2.55. The molecule has 2 fully saturated rings. The number of nitrogens with one attached hydrogen (secondary N) is 1. The third-order valence-corrected chi connectivity index (χ3v) is 5.43. The maximum atomic E-state index is 12.5. The summed E-state index contributed by atoms with van der Waals surface area (Å²) in [6.07, 6.45) is 5.24. The van der Waals surface area contributed by atoms with E-state index in [1.165, 1.54) is 6.26 Å². The van der Waals surface area contributed by atoms with Gasteiger partial charge in [-0.2, -0.15) is 0 Å². The van der Waals surface area contributed by atoms with Gasteiger partial charge in [0.25, 0.3) is 11.8 Å². The molecule has 1 atom stereocenters. The van der Waals surface area contributed by atoms with E-state index in [2.05, 4.69) is 5.32 Å². The molecule has 0 bridgehead atoms. The normalized spacial score (nSPS) is 19.9. The molecular formula is C22H26N2O5. The van der Waals surface area contributed by atoms with E-state index in [4.69, 9.17) is 13.9 Å². The van der Waals surface area contributed by atoms with Gasteiger partial charge in [-0.05, 0) is 62.1 Å². The minimum atomic E-state index is -0.105. The van der Waals surface area contributed by atoms with Gasteiger partial charge >= 0.3 is 0 Å². The first-order valence-corrected chi connectivity index (χ1v) is 10.2. The van der Waals surface area contributed by atoms with Crippen molar-refractivity contribution in [2.75, 3.05) is 26.3 Å². The number of benzene rings is 1. The Kier molecular flexibility index (Phi) is 6.14. The molecule has 1 unspecified atom stereocenters. The number of hydrogen-bond donors (Lipinski definition) is 1. The van der Waals surface area contributed by atoms with Crippen LogP contribution < -0.4 is 10.1 Å². The van der Waals surface area contributed by atoms with Gasteiger partial charge in [-0.25, -0.2) is 0 Å². The second-order valence-electron chi connectivity index (χ2n) is 7.49. The van der Waals surface area contributed by atoms with E-state index < -0.39 is 0 Å². The molecule has 7 heteroatoms. The van der Waals surface area contributed by atoms with Crippen molar-refractivity contribution >= 4 is 11.8 Å². The third-order valence-electron chi connectivity index (χ3n) is 5.43. The smallest absolute Gasteiger partial charge is 0.289 e. The van der Waals surface area contributed by atoms with E-state index in [-0.39, 0.29) is 24.0 Å². The first kappa shape index (κ1) is 19.5. The zero-order chi connectivity index (χ0) is 20.1. The molecule has 1 N–H and O–H groups in total. The predicted molar refractivity (Wildman–Crippen MR) is 106 cm³/mol. The van der Waals surface area contributed by atoms with Crippen molar-refractivity contribution in [2.24, 2.45) is 0 Å². The fourth-order valence-electron chi connectivity index (χ4n) is 3.72. The Morgan fingerprint density at radius 3 is 2.55 bits per heavy atom. The van der Waals surface area contributed by atoms with Crippen LogP contribution in [0.3, 0.4) is 0 Å². The summed E-state index contributed by atoms with van der Waals surface area (Å²) in [5, 5.41) is 3.06. The molecule has 29 heavy (non-hydrogen) atoms. The average molecular weight is 398 g/mol. The Morgan fingerprint density at radius 1 is 1.10 bits per heavy atom. The lowest BCUT2D eigenvalue weighted by Crippen LogP contribution is -2.46. The van der Waals surface area contributed by atoms with Crippen molar-refractivity contribution in [3.8, 4) is 5.75 Å². The molecule has 1 aromatic carbocycles. The van der Waals surface area contributed by atoms with Gasteiger partial charge in [0.15, 0.2) is 5.76 Å². The van der Waals surface area contributed by atoms with Gasteiger partial charge in [-0.1, -0.05) is 0 Å². The number of likely N-dealkylation sites (tertiary alicyclic amines) is 1. The van der Waals surface area contributed by atoms with Gasteiger partial charge in [-0.3, -0.25) is 9.59 Å². The van der Waals surface area contributed by atoms with Crippen LogP contribution in [0.1, 0.15) is 46.6 Å². The number of amides is 2. The van der Waals surface area contributed by atoms with E-state index in [9.17, 15) is 9.59 Å². The summed E-state index contributed by atoms with van der Waals surface area (Å²) < 4.78 is 16.5. The first-order valence-electron chi connectivity index (χ1n) is 10.2. The number of carbonyl (C=O) groups excluding carboxylic acids is 2. The minimum absolute atomic E-state index is 0.0543. The fourth-order valence-corrected chi connectivity index (χ4v) is 3.72. The maximum Gasteiger partial charge on any atom is 0.289 e. The summed E-state index contributed by atoms with van der Waals surface area (Å²) in [4.78, 5) is 26.6. The molecule has 2 aliphatic rings. The lowest BCUT2D eigenvalue weighted by molar-refractivity contribution is 0.0666. The van der Waals surface area contributed by atoms with Crippen molar-refractivity contribution in [3.05, 3.63) is 54.0 Å². The van der Waals surface area contributed by atoms with E-state index in [1.54, 1.807) is 29.2 Å². The average Bonchev–Trinajstić information content (AvgIpc) is 3.47. The second-order valence-corrected chi connectivity index (χ2v) is 7.49. The van der Waals surface area contributed by atoms with E-state index in [1.807, 2.05) is 12.1 Å². The number of hydrogen-bond acceptors (Lipinski definition) is 5. The molecule has 2 aromatic rings. The number of piperidine rings is 1. The molecule has 154 valence electrons. The fraction of sp³-hybridized carbons (Fsp3) is 0.455. The number of ether oxygens (including phenoxy) is 2. The molecule has 0 saturated carbocycles. The quantitative estimate of drug-likeness (QED) is 0.809. The Bertz CT molecular complexity index is 804. The maximum absolute atomic E-state index is 12.5. The van der Waals surface area contributed by atoms with Crippen LogP contribution in [0.25, 0.3) is 0 Å².